The number of hydrogen-bond acceptors (Lipinski definition) is 2. The number of unbranched alkanes of at least 4 members (excludes halogenated alkanes) is 1. The molecule has 0 saturated carbocycles. The average molecular weight is 302 g/mol. The minimum atomic E-state index is -0.764. The molecule has 94 valence electrons. The Morgan fingerprint density at radius 2 is 1.94 bits per heavy atom. The highest BCUT2D eigenvalue weighted by atomic mass is 79.9. The smallest absolute Gasteiger partial charge is 0.303 e. The quantitative estimate of drug-likeness (QED) is 0.601. The zero-order valence-electron chi connectivity index (χ0n) is 9.55. The average Bonchev–Trinajstić information content (AvgIpc) is 2.34. The molecule has 1 aromatic rings. The highest BCUT2D eigenvalue weighted by molar-refractivity contribution is 9.09. The fourth-order valence-corrected chi connectivity index (χ4v) is 2.26. The van der Waals surface area contributed by atoms with Gasteiger partial charge in [-0.25, -0.2) is 0 Å². The maximum Gasteiger partial charge on any atom is 0.303 e. The van der Waals surface area contributed by atoms with Gasteiger partial charge in [0.15, 0.2) is 0 Å². The molecule has 0 aromatic heterocycles. The molecule has 2 unspecified atom stereocenters. The van der Waals surface area contributed by atoms with E-state index in [4.69, 9.17) is 5.11 Å². The van der Waals surface area contributed by atoms with Crippen LogP contribution in [-0.4, -0.2) is 21.0 Å². The topological polar surface area (TPSA) is 57.5 Å². The van der Waals surface area contributed by atoms with Crippen LogP contribution in [0.2, 0.25) is 0 Å². The Morgan fingerprint density at radius 3 is 2.53 bits per heavy atom. The van der Waals surface area contributed by atoms with Crippen LogP contribution in [0.25, 0.3) is 0 Å². The third-order valence-corrected chi connectivity index (χ3v) is 3.56. The van der Waals surface area contributed by atoms with E-state index in [2.05, 4.69) is 15.9 Å². The molecule has 0 saturated heterocycles. The van der Waals surface area contributed by atoms with E-state index in [1.54, 1.807) is 0 Å². The van der Waals surface area contributed by atoms with Crippen molar-refractivity contribution < 1.29 is 15.0 Å². The van der Waals surface area contributed by atoms with Gasteiger partial charge in [-0.15, -0.1) is 0 Å². The molecule has 0 fully saturated rings. The summed E-state index contributed by atoms with van der Waals surface area (Å²) in [6.45, 7) is 0. The first-order chi connectivity index (χ1) is 8.11. The number of benzene rings is 1. The van der Waals surface area contributed by atoms with Crippen molar-refractivity contribution in [1.29, 1.82) is 0 Å². The van der Waals surface area contributed by atoms with Gasteiger partial charge < -0.3 is 10.2 Å². The Kier molecular flexibility index (Phi) is 6.22. The fourth-order valence-electron chi connectivity index (χ4n) is 1.63. The standard InChI is InChI=1S/C13H17BrO3/c14-11(8-4-5-9-12(15)16)13(17)10-6-2-1-3-7-10/h1-3,6-7,11,13,17H,4-5,8-9H2,(H,15,16)/i17+1. The molecule has 3 nitrogen and oxygen atoms in total. The molecule has 4 heteroatoms. The minimum absolute atomic E-state index is 0.0290. The number of carboxylic acids is 1. The van der Waals surface area contributed by atoms with Crippen LogP contribution >= 0.6 is 15.9 Å². The van der Waals surface area contributed by atoms with Crippen LogP contribution in [0.1, 0.15) is 37.4 Å². The van der Waals surface area contributed by atoms with Crippen molar-refractivity contribution in [3.05, 3.63) is 35.9 Å². The Labute approximate surface area is 110 Å². The number of aliphatic carboxylic acids is 1. The summed E-state index contributed by atoms with van der Waals surface area (Å²) in [5.41, 5.74) is 0.882. The predicted octanol–water partition coefficient (Wildman–Crippen LogP) is 3.13. The summed E-state index contributed by atoms with van der Waals surface area (Å²) in [7, 11) is 0. The lowest BCUT2D eigenvalue weighted by Gasteiger charge is -2.17. The van der Waals surface area contributed by atoms with Crippen molar-refractivity contribution in [3.8, 4) is 0 Å². The van der Waals surface area contributed by atoms with Crippen molar-refractivity contribution in [2.75, 3.05) is 0 Å². The second-order valence-corrected chi connectivity index (χ2v) is 5.19. The van der Waals surface area contributed by atoms with E-state index in [0.29, 0.717) is 6.42 Å². The Bertz CT molecular complexity index is 340. The van der Waals surface area contributed by atoms with Crippen LogP contribution in [-0.2, 0) is 4.79 Å². The van der Waals surface area contributed by atoms with E-state index in [1.165, 1.54) is 0 Å². The molecule has 2 N–H and O–H groups in total. The summed E-state index contributed by atoms with van der Waals surface area (Å²) in [5, 5.41) is 18.5. The molecule has 0 radical (unpaired) electrons. The third-order valence-electron chi connectivity index (χ3n) is 2.60. The SMILES string of the molecule is O=C(O)CCCCC(Br)C([17OH])c1ccccc1. The van der Waals surface area contributed by atoms with Crippen molar-refractivity contribution in [3.63, 3.8) is 0 Å². The minimum Gasteiger partial charge on any atom is -0.481 e. The molecular formula is C13H17BrO3. The van der Waals surface area contributed by atoms with Crippen LogP contribution in [0.4, 0.5) is 0 Å². The normalized spacial score (nSPS) is 14.2. The van der Waals surface area contributed by atoms with Crippen LogP contribution < -0.4 is 0 Å². The molecule has 0 amide bonds. The second-order valence-electron chi connectivity index (χ2n) is 4.01. The highest BCUT2D eigenvalue weighted by Crippen LogP contribution is 2.26. The lowest BCUT2D eigenvalue weighted by Crippen LogP contribution is -2.12. The van der Waals surface area contributed by atoms with Crippen molar-refractivity contribution in [2.45, 2.75) is 36.6 Å². The predicted molar refractivity (Wildman–Crippen MR) is 70.2 cm³/mol. The number of alkyl halides is 1. The Hall–Kier alpha value is -0.870. The largest absolute Gasteiger partial charge is 0.481 e. The van der Waals surface area contributed by atoms with Gasteiger partial charge >= 0.3 is 5.97 Å². The zero-order chi connectivity index (χ0) is 12.7. The molecule has 2 atom stereocenters. The number of aliphatic hydroxyl groups excluding tert-OH is 1. The zero-order valence-corrected chi connectivity index (χ0v) is 11.1. The summed E-state index contributed by atoms with van der Waals surface area (Å²) in [6.07, 6.45) is 1.87. The Morgan fingerprint density at radius 1 is 1.29 bits per heavy atom. The van der Waals surface area contributed by atoms with Crippen LogP contribution in [0.3, 0.4) is 0 Å². The van der Waals surface area contributed by atoms with Crippen LogP contribution in [0.5, 0.6) is 0 Å². The van der Waals surface area contributed by atoms with Crippen molar-refractivity contribution in [2.24, 2.45) is 0 Å². The first-order valence-electron chi connectivity index (χ1n) is 5.70. The maximum atomic E-state index is 10.3. The molecule has 1 rings (SSSR count). The Balaban J connectivity index is 2.32. The van der Waals surface area contributed by atoms with Gasteiger partial charge in [0.1, 0.15) is 0 Å². The number of rotatable bonds is 7. The van der Waals surface area contributed by atoms with Crippen molar-refractivity contribution >= 4 is 21.9 Å². The van der Waals surface area contributed by atoms with Gasteiger partial charge in [-0.1, -0.05) is 52.7 Å². The van der Waals surface area contributed by atoms with E-state index in [-0.39, 0.29) is 11.2 Å². The van der Waals surface area contributed by atoms with E-state index in [0.717, 1.165) is 18.4 Å². The van der Waals surface area contributed by atoms with E-state index >= 15 is 0 Å². The molecule has 17 heavy (non-hydrogen) atoms. The molecule has 0 spiro atoms. The monoisotopic (exact) mass is 301 g/mol. The van der Waals surface area contributed by atoms with E-state index in [1.807, 2.05) is 30.3 Å². The van der Waals surface area contributed by atoms with Gasteiger partial charge in [0.05, 0.1) is 6.10 Å². The molecule has 0 aliphatic rings. The number of carboxylic acid groups (broad SMARTS) is 1. The number of aliphatic hydroxyl groups is 1. The number of halogens is 1. The number of hydrogen-bond donors (Lipinski definition) is 2. The number of carbonyl (C=O) groups is 1. The first kappa shape index (κ1) is 14.2. The molecule has 1 aromatic carbocycles. The molecule has 0 aliphatic carbocycles. The molecule has 0 aliphatic heterocycles. The fraction of sp³-hybridized carbons (Fsp3) is 0.462. The van der Waals surface area contributed by atoms with Gasteiger partial charge in [0, 0.05) is 11.2 Å². The summed E-state index contributed by atoms with van der Waals surface area (Å²) >= 11 is 3.45. The van der Waals surface area contributed by atoms with E-state index < -0.39 is 12.1 Å². The van der Waals surface area contributed by atoms with Gasteiger partial charge in [0.25, 0.3) is 0 Å². The van der Waals surface area contributed by atoms with Crippen LogP contribution in [0, 0.1) is 0 Å². The second kappa shape index (κ2) is 7.45. The maximum absolute atomic E-state index is 10.3. The van der Waals surface area contributed by atoms with Crippen molar-refractivity contribution in [1.82, 2.24) is 0 Å². The highest BCUT2D eigenvalue weighted by Gasteiger charge is 2.17. The summed E-state index contributed by atoms with van der Waals surface area (Å²) in [6, 6.07) is 9.46. The summed E-state index contributed by atoms with van der Waals surface area (Å²) in [4.78, 5) is 10.3. The summed E-state index contributed by atoms with van der Waals surface area (Å²) in [5.74, 6) is -0.764. The lowest BCUT2D eigenvalue weighted by molar-refractivity contribution is -0.137. The van der Waals surface area contributed by atoms with Gasteiger partial charge in [-0.2, -0.15) is 0 Å². The van der Waals surface area contributed by atoms with Crippen LogP contribution in [0.15, 0.2) is 30.3 Å². The van der Waals surface area contributed by atoms with Gasteiger partial charge in [-0.05, 0) is 18.4 Å². The molecule has 0 heterocycles. The van der Waals surface area contributed by atoms with Gasteiger partial charge in [0.2, 0.25) is 0 Å². The molecule has 0 bridgehead atoms. The third kappa shape index (κ3) is 5.33. The van der Waals surface area contributed by atoms with Gasteiger partial charge in [-0.3, -0.25) is 4.79 Å². The lowest BCUT2D eigenvalue weighted by atomic mass is 10.0. The first-order valence-corrected chi connectivity index (χ1v) is 6.61. The molecular weight excluding hydrogens is 285 g/mol. The summed E-state index contributed by atoms with van der Waals surface area (Å²) < 4.78 is 0. The van der Waals surface area contributed by atoms with E-state index in [9.17, 15) is 9.90 Å².